The molecule has 20 heavy (non-hydrogen) atoms. The minimum Gasteiger partial charge on any atom is -0.341 e. The summed E-state index contributed by atoms with van der Waals surface area (Å²) < 4.78 is 1.07. The summed E-state index contributed by atoms with van der Waals surface area (Å²) in [6.07, 6.45) is 5.38. The third-order valence-electron chi connectivity index (χ3n) is 3.88. The minimum absolute atomic E-state index is 0.236. The number of amides is 1. The standard InChI is InChI=1S/C16H23BrN2O/c1-19(12-13-5-7-14(17)8-6-13)16(20)10-9-15-4-2-3-11-18-15/h5-8,15,18H,2-4,9-12H2,1H3. The van der Waals surface area contributed by atoms with Crippen LogP contribution in [-0.4, -0.2) is 30.4 Å². The highest BCUT2D eigenvalue weighted by Gasteiger charge is 2.16. The topological polar surface area (TPSA) is 32.3 Å². The highest BCUT2D eigenvalue weighted by atomic mass is 79.9. The summed E-state index contributed by atoms with van der Waals surface area (Å²) in [5.41, 5.74) is 1.17. The summed E-state index contributed by atoms with van der Waals surface area (Å²) in [7, 11) is 1.89. The summed E-state index contributed by atoms with van der Waals surface area (Å²) in [5, 5.41) is 3.49. The largest absolute Gasteiger partial charge is 0.341 e. The maximum Gasteiger partial charge on any atom is 0.222 e. The molecule has 1 aliphatic heterocycles. The zero-order chi connectivity index (χ0) is 14.4. The summed E-state index contributed by atoms with van der Waals surface area (Å²) in [4.78, 5) is 14.0. The first-order valence-electron chi connectivity index (χ1n) is 7.37. The smallest absolute Gasteiger partial charge is 0.222 e. The third kappa shape index (κ3) is 4.91. The van der Waals surface area contributed by atoms with E-state index in [1.165, 1.54) is 24.8 Å². The number of hydrogen-bond donors (Lipinski definition) is 1. The molecule has 110 valence electrons. The SMILES string of the molecule is CN(Cc1ccc(Br)cc1)C(=O)CCC1CCCCN1. The molecule has 3 nitrogen and oxygen atoms in total. The van der Waals surface area contributed by atoms with Crippen LogP contribution in [0.4, 0.5) is 0 Å². The van der Waals surface area contributed by atoms with E-state index >= 15 is 0 Å². The lowest BCUT2D eigenvalue weighted by atomic mass is 10.0. The van der Waals surface area contributed by atoms with E-state index in [1.807, 2.05) is 24.1 Å². The molecule has 1 unspecified atom stereocenters. The molecule has 1 aromatic rings. The fraction of sp³-hybridized carbons (Fsp3) is 0.562. The molecule has 1 heterocycles. The van der Waals surface area contributed by atoms with E-state index in [2.05, 4.69) is 33.4 Å². The molecule has 0 aliphatic carbocycles. The molecule has 2 rings (SSSR count). The van der Waals surface area contributed by atoms with Crippen LogP contribution in [0.5, 0.6) is 0 Å². The third-order valence-corrected chi connectivity index (χ3v) is 4.41. The second kappa shape index (κ2) is 7.79. The van der Waals surface area contributed by atoms with Crippen LogP contribution in [0.2, 0.25) is 0 Å². The van der Waals surface area contributed by atoms with Crippen molar-refractivity contribution in [3.63, 3.8) is 0 Å². The molecule has 0 saturated carbocycles. The van der Waals surface area contributed by atoms with Gasteiger partial charge in [-0.25, -0.2) is 0 Å². The maximum atomic E-state index is 12.1. The van der Waals surface area contributed by atoms with E-state index in [-0.39, 0.29) is 5.91 Å². The predicted molar refractivity (Wildman–Crippen MR) is 85.5 cm³/mol. The van der Waals surface area contributed by atoms with Gasteiger partial charge in [-0.1, -0.05) is 34.5 Å². The van der Waals surface area contributed by atoms with Crippen molar-refractivity contribution in [1.82, 2.24) is 10.2 Å². The van der Waals surface area contributed by atoms with E-state index in [0.29, 0.717) is 19.0 Å². The molecule has 0 radical (unpaired) electrons. The van der Waals surface area contributed by atoms with Gasteiger partial charge in [0.05, 0.1) is 0 Å². The van der Waals surface area contributed by atoms with Crippen molar-refractivity contribution < 1.29 is 4.79 Å². The first-order valence-corrected chi connectivity index (χ1v) is 8.16. The minimum atomic E-state index is 0.236. The average molecular weight is 339 g/mol. The van der Waals surface area contributed by atoms with Gasteiger partial charge in [-0.3, -0.25) is 4.79 Å². The lowest BCUT2D eigenvalue weighted by molar-refractivity contribution is -0.130. The van der Waals surface area contributed by atoms with Gasteiger partial charge in [0.2, 0.25) is 5.91 Å². The van der Waals surface area contributed by atoms with Gasteiger partial charge >= 0.3 is 0 Å². The Bertz CT molecular complexity index is 427. The summed E-state index contributed by atoms with van der Waals surface area (Å²) >= 11 is 3.42. The Hall–Kier alpha value is -0.870. The summed E-state index contributed by atoms with van der Waals surface area (Å²) in [6, 6.07) is 8.67. The van der Waals surface area contributed by atoms with Crippen LogP contribution in [0.1, 0.15) is 37.7 Å². The zero-order valence-corrected chi connectivity index (χ0v) is 13.7. The van der Waals surface area contributed by atoms with Gasteiger partial charge in [-0.05, 0) is 43.5 Å². The van der Waals surface area contributed by atoms with Gasteiger partial charge < -0.3 is 10.2 Å². The van der Waals surface area contributed by atoms with E-state index in [4.69, 9.17) is 0 Å². The van der Waals surface area contributed by atoms with Crippen LogP contribution in [0.3, 0.4) is 0 Å². The van der Waals surface area contributed by atoms with Gasteiger partial charge in [-0.2, -0.15) is 0 Å². The molecule has 1 aromatic carbocycles. The van der Waals surface area contributed by atoms with E-state index in [0.717, 1.165) is 17.4 Å². The molecule has 1 N–H and O–H groups in total. The van der Waals surface area contributed by atoms with Gasteiger partial charge in [0, 0.05) is 30.5 Å². The monoisotopic (exact) mass is 338 g/mol. The number of benzene rings is 1. The van der Waals surface area contributed by atoms with Crippen molar-refractivity contribution in [2.45, 2.75) is 44.7 Å². The van der Waals surface area contributed by atoms with Crippen molar-refractivity contribution in [1.29, 1.82) is 0 Å². The molecule has 0 bridgehead atoms. The quantitative estimate of drug-likeness (QED) is 0.892. The zero-order valence-electron chi connectivity index (χ0n) is 12.1. The molecule has 1 saturated heterocycles. The number of hydrogen-bond acceptors (Lipinski definition) is 2. The van der Waals surface area contributed by atoms with Gasteiger partial charge in [-0.15, -0.1) is 0 Å². The van der Waals surface area contributed by atoms with E-state index in [1.54, 1.807) is 0 Å². The number of nitrogens with zero attached hydrogens (tertiary/aromatic N) is 1. The molecule has 4 heteroatoms. The molecule has 1 amide bonds. The Morgan fingerprint density at radius 1 is 1.35 bits per heavy atom. The maximum absolute atomic E-state index is 12.1. The molecule has 1 fully saturated rings. The molecule has 0 spiro atoms. The first-order chi connectivity index (χ1) is 9.65. The summed E-state index contributed by atoms with van der Waals surface area (Å²) in [5.74, 6) is 0.236. The molecule has 0 aromatic heterocycles. The number of carbonyl (C=O) groups is 1. The Balaban J connectivity index is 1.75. The fourth-order valence-corrected chi connectivity index (χ4v) is 2.88. The van der Waals surface area contributed by atoms with Crippen molar-refractivity contribution in [2.24, 2.45) is 0 Å². The second-order valence-electron chi connectivity index (χ2n) is 5.56. The Labute approximate surface area is 129 Å². The Kier molecular flexibility index (Phi) is 6.05. The highest BCUT2D eigenvalue weighted by Crippen LogP contribution is 2.14. The average Bonchev–Trinajstić information content (AvgIpc) is 2.48. The molecule has 1 aliphatic rings. The summed E-state index contributed by atoms with van der Waals surface area (Å²) in [6.45, 7) is 1.79. The number of piperidine rings is 1. The van der Waals surface area contributed by atoms with Gasteiger partial charge in [0.25, 0.3) is 0 Å². The Morgan fingerprint density at radius 3 is 2.75 bits per heavy atom. The number of halogens is 1. The van der Waals surface area contributed by atoms with Crippen LogP contribution in [0, 0.1) is 0 Å². The predicted octanol–water partition coefficient (Wildman–Crippen LogP) is 3.33. The molecule has 1 atom stereocenters. The van der Waals surface area contributed by atoms with Gasteiger partial charge in [0.15, 0.2) is 0 Å². The first kappa shape index (κ1) is 15.5. The number of nitrogens with one attached hydrogen (secondary N) is 1. The normalized spacial score (nSPS) is 18.8. The number of carbonyl (C=O) groups excluding carboxylic acids is 1. The van der Waals surface area contributed by atoms with E-state index < -0.39 is 0 Å². The molecular formula is C16H23BrN2O. The van der Waals surface area contributed by atoms with Crippen LogP contribution in [-0.2, 0) is 11.3 Å². The van der Waals surface area contributed by atoms with Crippen LogP contribution in [0.15, 0.2) is 28.7 Å². The van der Waals surface area contributed by atoms with Crippen LogP contribution < -0.4 is 5.32 Å². The van der Waals surface area contributed by atoms with Crippen LogP contribution >= 0.6 is 15.9 Å². The Morgan fingerprint density at radius 2 is 2.10 bits per heavy atom. The lowest BCUT2D eigenvalue weighted by Crippen LogP contribution is -2.35. The van der Waals surface area contributed by atoms with Crippen LogP contribution in [0.25, 0.3) is 0 Å². The number of rotatable bonds is 5. The fourth-order valence-electron chi connectivity index (χ4n) is 2.61. The van der Waals surface area contributed by atoms with E-state index in [9.17, 15) is 4.79 Å². The lowest BCUT2D eigenvalue weighted by Gasteiger charge is -2.24. The van der Waals surface area contributed by atoms with Crippen molar-refractivity contribution in [3.8, 4) is 0 Å². The van der Waals surface area contributed by atoms with Crippen molar-refractivity contribution in [3.05, 3.63) is 34.3 Å². The second-order valence-corrected chi connectivity index (χ2v) is 6.48. The molecular weight excluding hydrogens is 316 g/mol. The van der Waals surface area contributed by atoms with Crippen molar-refractivity contribution in [2.75, 3.05) is 13.6 Å². The highest BCUT2D eigenvalue weighted by molar-refractivity contribution is 9.10. The van der Waals surface area contributed by atoms with Gasteiger partial charge in [0.1, 0.15) is 0 Å². The van der Waals surface area contributed by atoms with Crippen molar-refractivity contribution >= 4 is 21.8 Å².